The van der Waals surface area contributed by atoms with Crippen molar-refractivity contribution in [1.29, 1.82) is 0 Å². The number of amides is 2. The second-order valence-corrected chi connectivity index (χ2v) is 2.77. The zero-order valence-electron chi connectivity index (χ0n) is 8.22. The molecule has 15 heavy (non-hydrogen) atoms. The number of nitrogens with two attached hydrogens (primary N) is 2. The van der Waals surface area contributed by atoms with Gasteiger partial charge < -0.3 is 16.6 Å². The number of aromatic hydroxyl groups is 1. The topological polar surface area (TPSA) is 106 Å². The van der Waals surface area contributed by atoms with E-state index in [1.807, 2.05) is 6.07 Å². The lowest BCUT2D eigenvalue weighted by Gasteiger charge is -1.87. The molecule has 0 aliphatic carbocycles. The first-order chi connectivity index (χ1) is 7.02. The first-order valence-corrected chi connectivity index (χ1v) is 4.33. The molecule has 0 unspecified atom stereocenters. The van der Waals surface area contributed by atoms with Crippen LogP contribution in [0.25, 0.3) is 0 Å². The lowest BCUT2D eigenvalue weighted by Crippen LogP contribution is -2.16. The van der Waals surface area contributed by atoms with E-state index in [2.05, 4.69) is 0 Å². The van der Waals surface area contributed by atoms with Crippen molar-refractivity contribution in [3.63, 3.8) is 0 Å². The van der Waals surface area contributed by atoms with Gasteiger partial charge in [-0.1, -0.05) is 18.2 Å². The number of hydrogen-bond donors (Lipinski definition) is 3. The van der Waals surface area contributed by atoms with Crippen molar-refractivity contribution >= 4 is 11.8 Å². The summed E-state index contributed by atoms with van der Waals surface area (Å²) in [7, 11) is 0. The largest absolute Gasteiger partial charge is 0.508 e. The smallest absolute Gasteiger partial charge is 0.217 e. The second kappa shape index (κ2) is 7.37. The molecule has 0 aliphatic heterocycles. The Morgan fingerprint density at radius 2 is 1.40 bits per heavy atom. The van der Waals surface area contributed by atoms with Gasteiger partial charge in [-0.2, -0.15) is 0 Å². The van der Waals surface area contributed by atoms with E-state index in [4.69, 9.17) is 16.6 Å². The van der Waals surface area contributed by atoms with Crippen LogP contribution in [0.2, 0.25) is 0 Å². The zero-order valence-corrected chi connectivity index (χ0v) is 8.22. The standard InChI is InChI=1S/C6H6O.C4H8N2O2/c7-6-4-2-1-3-5-6;5-3(7)1-2-4(6)8/h1-5,7H;1-2H2,(H2,5,7)(H2,6,8). The molecule has 5 N–H and O–H groups in total. The number of phenols is 1. The van der Waals surface area contributed by atoms with Crippen molar-refractivity contribution in [1.82, 2.24) is 0 Å². The van der Waals surface area contributed by atoms with Crippen LogP contribution in [0.3, 0.4) is 0 Å². The van der Waals surface area contributed by atoms with E-state index in [0.29, 0.717) is 5.75 Å². The van der Waals surface area contributed by atoms with Gasteiger partial charge in [0.15, 0.2) is 0 Å². The Morgan fingerprint density at radius 3 is 1.60 bits per heavy atom. The summed E-state index contributed by atoms with van der Waals surface area (Å²) in [6.07, 6.45) is 0.102. The lowest BCUT2D eigenvalue weighted by atomic mass is 10.3. The van der Waals surface area contributed by atoms with E-state index in [9.17, 15) is 9.59 Å². The van der Waals surface area contributed by atoms with E-state index in [1.165, 1.54) is 0 Å². The Labute approximate surface area is 87.7 Å². The Hall–Kier alpha value is -2.04. The van der Waals surface area contributed by atoms with Gasteiger partial charge >= 0.3 is 0 Å². The van der Waals surface area contributed by atoms with Gasteiger partial charge in [-0.05, 0) is 12.1 Å². The SMILES string of the molecule is NC(=O)CCC(N)=O.Oc1ccccc1. The van der Waals surface area contributed by atoms with Gasteiger partial charge in [0.05, 0.1) is 0 Å². The summed E-state index contributed by atoms with van der Waals surface area (Å²) in [5.41, 5.74) is 9.39. The molecule has 0 atom stereocenters. The molecule has 0 radical (unpaired) electrons. The Kier molecular flexibility index (Phi) is 6.37. The number of carbonyl (C=O) groups excluding carboxylic acids is 2. The number of phenolic OH excluding ortho intramolecular Hbond substituents is 1. The van der Waals surface area contributed by atoms with Gasteiger partial charge in [0, 0.05) is 12.8 Å². The first-order valence-electron chi connectivity index (χ1n) is 4.33. The van der Waals surface area contributed by atoms with Crippen molar-refractivity contribution in [3.8, 4) is 5.75 Å². The fraction of sp³-hybridized carbons (Fsp3) is 0.200. The van der Waals surface area contributed by atoms with Crippen molar-refractivity contribution in [2.45, 2.75) is 12.8 Å². The number of para-hydroxylation sites is 1. The number of primary amides is 2. The number of hydrogen-bond acceptors (Lipinski definition) is 3. The fourth-order valence-electron chi connectivity index (χ4n) is 0.674. The highest BCUT2D eigenvalue weighted by Gasteiger charge is 1.96. The van der Waals surface area contributed by atoms with Gasteiger partial charge in [-0.15, -0.1) is 0 Å². The molecule has 0 aromatic heterocycles. The van der Waals surface area contributed by atoms with Crippen LogP contribution >= 0.6 is 0 Å². The molecule has 82 valence electrons. The molecule has 1 aromatic carbocycles. The van der Waals surface area contributed by atoms with Crippen LogP contribution in [0.4, 0.5) is 0 Å². The van der Waals surface area contributed by atoms with E-state index >= 15 is 0 Å². The summed E-state index contributed by atoms with van der Waals surface area (Å²) < 4.78 is 0. The average molecular weight is 210 g/mol. The molecule has 5 nitrogen and oxygen atoms in total. The lowest BCUT2D eigenvalue weighted by molar-refractivity contribution is -0.123. The third-order valence-electron chi connectivity index (χ3n) is 1.37. The first kappa shape index (κ1) is 13.0. The summed E-state index contributed by atoms with van der Waals surface area (Å²) in [4.78, 5) is 19.8. The highest BCUT2D eigenvalue weighted by Crippen LogP contribution is 2.02. The van der Waals surface area contributed by atoms with Crippen LogP contribution in [0, 0.1) is 0 Å². The predicted molar refractivity (Wildman–Crippen MR) is 55.7 cm³/mol. The summed E-state index contributed by atoms with van der Waals surface area (Å²) in [6.45, 7) is 0. The van der Waals surface area contributed by atoms with Crippen molar-refractivity contribution in [2.24, 2.45) is 11.5 Å². The quantitative estimate of drug-likeness (QED) is 0.660. The molecule has 0 saturated carbocycles. The maximum absolute atomic E-state index is 9.92. The summed E-state index contributed by atoms with van der Waals surface area (Å²) in [5, 5.41) is 8.63. The van der Waals surface area contributed by atoms with Crippen molar-refractivity contribution in [3.05, 3.63) is 30.3 Å². The van der Waals surface area contributed by atoms with Gasteiger partial charge in [0.25, 0.3) is 0 Å². The summed E-state index contributed by atoms with van der Waals surface area (Å²) in [6, 6.07) is 8.71. The molecule has 5 heteroatoms. The highest BCUT2D eigenvalue weighted by molar-refractivity contribution is 5.81. The summed E-state index contributed by atoms with van der Waals surface area (Å²) >= 11 is 0. The monoisotopic (exact) mass is 210 g/mol. The minimum Gasteiger partial charge on any atom is -0.508 e. The van der Waals surface area contributed by atoms with Crippen LogP contribution in [0.15, 0.2) is 30.3 Å². The van der Waals surface area contributed by atoms with Gasteiger partial charge in [0.1, 0.15) is 5.75 Å². The molecule has 1 aromatic rings. The average Bonchev–Trinajstić information content (AvgIpc) is 2.17. The predicted octanol–water partition coefficient (Wildman–Crippen LogP) is 0.129. The molecular formula is C10H14N2O3. The van der Waals surface area contributed by atoms with E-state index in [0.717, 1.165) is 0 Å². The fourth-order valence-corrected chi connectivity index (χ4v) is 0.674. The molecule has 0 aliphatic rings. The van der Waals surface area contributed by atoms with Gasteiger partial charge in [0.2, 0.25) is 11.8 Å². The molecule has 1 rings (SSSR count). The van der Waals surface area contributed by atoms with Crippen molar-refractivity contribution in [2.75, 3.05) is 0 Å². The second-order valence-electron chi connectivity index (χ2n) is 2.77. The Balaban J connectivity index is 0.000000262. The highest BCUT2D eigenvalue weighted by atomic mass is 16.3. The van der Waals surface area contributed by atoms with Crippen LogP contribution in [-0.2, 0) is 9.59 Å². The van der Waals surface area contributed by atoms with Crippen LogP contribution in [0.5, 0.6) is 5.75 Å². The molecular weight excluding hydrogens is 196 g/mol. The Bertz CT molecular complexity index is 298. The van der Waals surface area contributed by atoms with Crippen LogP contribution in [0.1, 0.15) is 12.8 Å². The number of carbonyl (C=O) groups is 2. The summed E-state index contributed by atoms with van der Waals surface area (Å²) in [5.74, 6) is -0.671. The van der Waals surface area contributed by atoms with E-state index < -0.39 is 11.8 Å². The van der Waals surface area contributed by atoms with Gasteiger partial charge in [-0.25, -0.2) is 0 Å². The van der Waals surface area contributed by atoms with E-state index in [-0.39, 0.29) is 12.8 Å². The minimum atomic E-state index is -0.496. The third kappa shape index (κ3) is 9.88. The zero-order chi connectivity index (χ0) is 11.7. The van der Waals surface area contributed by atoms with Crippen LogP contribution in [-0.4, -0.2) is 16.9 Å². The van der Waals surface area contributed by atoms with Crippen LogP contribution < -0.4 is 11.5 Å². The van der Waals surface area contributed by atoms with Gasteiger partial charge in [-0.3, -0.25) is 9.59 Å². The molecule has 2 amide bonds. The minimum absolute atomic E-state index is 0.0509. The number of rotatable bonds is 3. The van der Waals surface area contributed by atoms with Crippen molar-refractivity contribution < 1.29 is 14.7 Å². The molecule has 0 bridgehead atoms. The Morgan fingerprint density at radius 1 is 1.00 bits per heavy atom. The molecule has 0 saturated heterocycles. The molecule has 0 fully saturated rings. The maximum Gasteiger partial charge on any atom is 0.217 e. The molecule has 0 heterocycles. The normalized spacial score (nSPS) is 8.53. The third-order valence-corrected chi connectivity index (χ3v) is 1.37. The molecule has 0 spiro atoms. The van der Waals surface area contributed by atoms with E-state index in [1.54, 1.807) is 24.3 Å². The number of benzene rings is 1. The maximum atomic E-state index is 9.92.